The Balaban J connectivity index is 1.64. The standard InChI is InChI=1S/C37H38O2P3/c1-2-39-37(38)28-29-42(35-24-14-6-15-25-35,36-26-16-7-17-27-36)31-40(32-18-8-3-9-19-32)30-41(33-20-10-4-11-21-33)34-22-12-5-13-23-34/h3-27H,2,28-31H2,1H3/q+1. The van der Waals surface area contributed by atoms with Crippen LogP contribution in [0.2, 0.25) is 0 Å². The molecule has 0 spiro atoms. The first-order valence-electron chi connectivity index (χ1n) is 14.5. The molecule has 5 heteroatoms. The fourth-order valence-electron chi connectivity index (χ4n) is 5.42. The van der Waals surface area contributed by atoms with Gasteiger partial charge < -0.3 is 4.74 Å². The van der Waals surface area contributed by atoms with Gasteiger partial charge >= 0.3 is 5.97 Å². The van der Waals surface area contributed by atoms with Gasteiger partial charge in [-0.15, -0.1) is 0 Å². The van der Waals surface area contributed by atoms with Crippen molar-refractivity contribution in [1.82, 2.24) is 0 Å². The fraction of sp³-hybridized carbons (Fsp3) is 0.162. The maximum absolute atomic E-state index is 12.9. The zero-order valence-corrected chi connectivity index (χ0v) is 26.8. The highest BCUT2D eigenvalue weighted by Crippen LogP contribution is 2.66. The van der Waals surface area contributed by atoms with Crippen LogP contribution in [-0.4, -0.2) is 30.5 Å². The number of benzene rings is 5. The van der Waals surface area contributed by atoms with Gasteiger partial charge in [0.15, 0.2) is 0 Å². The second-order valence-corrected chi connectivity index (χ2v) is 19.3. The maximum atomic E-state index is 12.9. The van der Waals surface area contributed by atoms with E-state index in [2.05, 4.69) is 152 Å². The van der Waals surface area contributed by atoms with Crippen molar-refractivity contribution in [2.75, 3.05) is 24.6 Å². The van der Waals surface area contributed by atoms with Crippen LogP contribution >= 0.6 is 23.1 Å². The molecular weight excluding hydrogens is 569 g/mol. The third-order valence-electron chi connectivity index (χ3n) is 7.49. The van der Waals surface area contributed by atoms with Gasteiger partial charge in [0.05, 0.1) is 43.0 Å². The van der Waals surface area contributed by atoms with E-state index in [4.69, 9.17) is 4.74 Å². The summed E-state index contributed by atoms with van der Waals surface area (Å²) in [5.41, 5.74) is 0. The first kappa shape index (κ1) is 30.3. The average Bonchev–Trinajstić information content (AvgIpc) is 3.07. The van der Waals surface area contributed by atoms with E-state index in [1.807, 2.05) is 6.92 Å². The molecule has 0 aliphatic heterocycles. The Kier molecular flexibility index (Phi) is 11.1. The van der Waals surface area contributed by atoms with Crippen molar-refractivity contribution < 1.29 is 9.53 Å². The van der Waals surface area contributed by atoms with Crippen LogP contribution in [0.5, 0.6) is 0 Å². The summed E-state index contributed by atoms with van der Waals surface area (Å²) >= 11 is 0. The molecule has 212 valence electrons. The van der Waals surface area contributed by atoms with E-state index < -0.39 is 23.1 Å². The Bertz CT molecular complexity index is 1420. The van der Waals surface area contributed by atoms with Crippen molar-refractivity contribution >= 4 is 55.6 Å². The predicted octanol–water partition coefficient (Wildman–Crippen LogP) is 7.46. The summed E-state index contributed by atoms with van der Waals surface area (Å²) in [6.45, 7) is 2.30. The lowest BCUT2D eigenvalue weighted by molar-refractivity contribution is -0.142. The van der Waals surface area contributed by atoms with Crippen molar-refractivity contribution in [2.45, 2.75) is 13.3 Å². The highest BCUT2D eigenvalue weighted by molar-refractivity contribution is 7.99. The molecule has 2 nitrogen and oxygen atoms in total. The van der Waals surface area contributed by atoms with Gasteiger partial charge in [-0.3, -0.25) is 4.79 Å². The molecular formula is C37H38O2P3+. The van der Waals surface area contributed by atoms with E-state index in [9.17, 15) is 4.79 Å². The summed E-state index contributed by atoms with van der Waals surface area (Å²) in [6.07, 6.45) is 1.23. The molecule has 0 amide bonds. The number of ether oxygens (including phenoxy) is 1. The van der Waals surface area contributed by atoms with Crippen molar-refractivity contribution in [3.05, 3.63) is 152 Å². The third kappa shape index (κ3) is 7.62. The Labute approximate surface area is 254 Å². The molecule has 0 N–H and O–H groups in total. The van der Waals surface area contributed by atoms with Crippen molar-refractivity contribution in [2.24, 2.45) is 0 Å². The lowest BCUT2D eigenvalue weighted by Crippen LogP contribution is -2.30. The molecule has 0 aliphatic carbocycles. The van der Waals surface area contributed by atoms with Gasteiger partial charge in [-0.1, -0.05) is 127 Å². The molecule has 5 aromatic carbocycles. The van der Waals surface area contributed by atoms with Crippen LogP contribution in [0, 0.1) is 0 Å². The summed E-state index contributed by atoms with van der Waals surface area (Å²) in [5.74, 6) is 2.05. The number of hydrogen-bond donors (Lipinski definition) is 0. The van der Waals surface area contributed by atoms with Crippen LogP contribution in [0.1, 0.15) is 13.3 Å². The lowest BCUT2D eigenvalue weighted by Gasteiger charge is -2.33. The van der Waals surface area contributed by atoms with E-state index >= 15 is 0 Å². The van der Waals surface area contributed by atoms with Crippen molar-refractivity contribution in [3.63, 3.8) is 0 Å². The van der Waals surface area contributed by atoms with Gasteiger partial charge in [0, 0.05) is 5.90 Å². The molecule has 1 unspecified atom stereocenters. The van der Waals surface area contributed by atoms with E-state index in [1.54, 1.807) is 0 Å². The minimum atomic E-state index is -2.00. The van der Waals surface area contributed by atoms with Crippen molar-refractivity contribution in [1.29, 1.82) is 0 Å². The summed E-state index contributed by atoms with van der Waals surface area (Å²) in [6, 6.07) is 55.2. The predicted molar refractivity (Wildman–Crippen MR) is 187 cm³/mol. The highest BCUT2D eigenvalue weighted by Gasteiger charge is 2.45. The molecule has 0 aromatic heterocycles. The Morgan fingerprint density at radius 2 is 1.00 bits per heavy atom. The summed E-state index contributed by atoms with van der Waals surface area (Å²) < 4.78 is 5.47. The molecule has 5 rings (SSSR count). The van der Waals surface area contributed by atoms with Gasteiger partial charge in [-0.25, -0.2) is 0 Å². The van der Waals surface area contributed by atoms with Gasteiger partial charge in [0.1, 0.15) is 0 Å². The van der Waals surface area contributed by atoms with Crippen LogP contribution < -0.4 is 26.5 Å². The average molecular weight is 608 g/mol. The second kappa shape index (κ2) is 15.4. The van der Waals surface area contributed by atoms with Crippen LogP contribution in [0.3, 0.4) is 0 Å². The minimum absolute atomic E-state index is 0.103. The molecule has 0 bridgehead atoms. The topological polar surface area (TPSA) is 26.3 Å². The number of hydrogen-bond acceptors (Lipinski definition) is 2. The minimum Gasteiger partial charge on any atom is -0.466 e. The molecule has 1 atom stereocenters. The zero-order valence-electron chi connectivity index (χ0n) is 24.1. The lowest BCUT2D eigenvalue weighted by atomic mass is 10.4. The smallest absolute Gasteiger partial charge is 0.309 e. The number of esters is 1. The van der Waals surface area contributed by atoms with Crippen LogP contribution in [0.15, 0.2) is 152 Å². The molecule has 5 aromatic rings. The number of carbonyl (C=O) groups excluding carboxylic acids is 1. The SMILES string of the molecule is CCOC(=O)CC[P+](CP(CP(c1ccccc1)c1ccccc1)c1ccccc1)(c1ccccc1)c1ccccc1. The zero-order chi connectivity index (χ0) is 29.0. The normalized spacial score (nSPS) is 12.1. The monoisotopic (exact) mass is 607 g/mol. The largest absolute Gasteiger partial charge is 0.466 e. The van der Waals surface area contributed by atoms with E-state index in [0.717, 1.165) is 18.0 Å². The molecule has 42 heavy (non-hydrogen) atoms. The highest BCUT2D eigenvalue weighted by atomic mass is 31.2. The quantitative estimate of drug-likeness (QED) is 0.103. The molecule has 0 saturated heterocycles. The fourth-order valence-corrected chi connectivity index (χ4v) is 19.6. The second-order valence-electron chi connectivity index (χ2n) is 10.2. The van der Waals surface area contributed by atoms with Gasteiger partial charge in [-0.05, 0) is 62.9 Å². The molecule has 0 fully saturated rings. The third-order valence-corrected chi connectivity index (χ3v) is 19.7. The maximum Gasteiger partial charge on any atom is 0.309 e. The van der Waals surface area contributed by atoms with E-state index in [0.29, 0.717) is 13.0 Å². The summed E-state index contributed by atoms with van der Waals surface area (Å²) in [7, 11) is -3.17. The molecule has 0 aliphatic rings. The molecule has 0 saturated carbocycles. The van der Waals surface area contributed by atoms with E-state index in [1.165, 1.54) is 26.5 Å². The Hall–Kier alpha value is -3.14. The van der Waals surface area contributed by atoms with E-state index in [-0.39, 0.29) is 5.97 Å². The summed E-state index contributed by atoms with van der Waals surface area (Å²) in [5, 5.41) is 6.99. The van der Waals surface area contributed by atoms with Crippen LogP contribution in [-0.2, 0) is 9.53 Å². The van der Waals surface area contributed by atoms with Gasteiger partial charge in [0.2, 0.25) is 0 Å². The van der Waals surface area contributed by atoms with Crippen molar-refractivity contribution in [3.8, 4) is 0 Å². The van der Waals surface area contributed by atoms with Crippen LogP contribution in [0.4, 0.5) is 0 Å². The first-order valence-corrected chi connectivity index (χ1v) is 19.9. The number of carbonyl (C=O) groups is 1. The van der Waals surface area contributed by atoms with Gasteiger partial charge in [-0.2, -0.15) is 0 Å². The first-order chi connectivity index (χ1) is 20.7. The molecule has 0 heterocycles. The van der Waals surface area contributed by atoms with Crippen LogP contribution in [0.25, 0.3) is 0 Å². The summed E-state index contributed by atoms with van der Waals surface area (Å²) in [4.78, 5) is 12.9. The Morgan fingerprint density at radius 1 is 0.595 bits per heavy atom. The Morgan fingerprint density at radius 3 is 1.43 bits per heavy atom. The number of rotatable bonds is 13. The van der Waals surface area contributed by atoms with Gasteiger partial charge in [0.25, 0.3) is 0 Å². The molecule has 0 radical (unpaired) electrons.